The van der Waals surface area contributed by atoms with E-state index in [1.165, 1.54) is 12.8 Å². The first kappa shape index (κ1) is 16.1. The summed E-state index contributed by atoms with van der Waals surface area (Å²) < 4.78 is 0. The van der Waals surface area contributed by atoms with Gasteiger partial charge in [0.25, 0.3) is 0 Å². The van der Waals surface area contributed by atoms with Gasteiger partial charge < -0.3 is 10.2 Å². The van der Waals surface area contributed by atoms with Gasteiger partial charge in [-0.3, -0.25) is 4.79 Å². The fraction of sp³-hybridized carbons (Fsp3) is 0.923. The van der Waals surface area contributed by atoms with Gasteiger partial charge >= 0.3 is 0 Å². The van der Waals surface area contributed by atoms with Crippen molar-refractivity contribution in [1.82, 2.24) is 10.2 Å². The van der Waals surface area contributed by atoms with Crippen LogP contribution in [0.1, 0.15) is 32.6 Å². The van der Waals surface area contributed by atoms with Crippen molar-refractivity contribution in [2.75, 3.05) is 31.1 Å². The molecule has 1 amide bonds. The Balaban J connectivity index is 0.00000162. The van der Waals surface area contributed by atoms with E-state index in [4.69, 9.17) is 0 Å². The number of thioether (sulfide) groups is 1. The summed E-state index contributed by atoms with van der Waals surface area (Å²) in [6.45, 7) is 5.40. The Bertz CT molecular complexity index is 259. The van der Waals surface area contributed by atoms with Crippen LogP contribution in [0.3, 0.4) is 0 Å². The first-order chi connectivity index (χ1) is 8.27. The van der Waals surface area contributed by atoms with Crippen LogP contribution in [0, 0.1) is 5.92 Å². The van der Waals surface area contributed by atoms with Gasteiger partial charge in [-0.15, -0.1) is 12.4 Å². The molecule has 106 valence electrons. The Labute approximate surface area is 121 Å². The zero-order chi connectivity index (χ0) is 12.1. The van der Waals surface area contributed by atoms with Gasteiger partial charge in [0.1, 0.15) is 0 Å². The number of halogens is 1. The number of piperidine rings is 1. The number of rotatable bonds is 3. The third-order valence-electron chi connectivity index (χ3n) is 3.91. The van der Waals surface area contributed by atoms with E-state index in [0.717, 1.165) is 49.9 Å². The molecule has 2 aliphatic rings. The van der Waals surface area contributed by atoms with Crippen molar-refractivity contribution in [3.05, 3.63) is 0 Å². The third kappa shape index (κ3) is 4.63. The normalized spacial score (nSPS) is 25.6. The Morgan fingerprint density at radius 1 is 1.39 bits per heavy atom. The molecule has 2 rings (SSSR count). The molecule has 2 fully saturated rings. The molecule has 0 aliphatic carbocycles. The van der Waals surface area contributed by atoms with Crippen LogP contribution in [0.5, 0.6) is 0 Å². The summed E-state index contributed by atoms with van der Waals surface area (Å²) in [5, 5.41) is 3.37. The lowest BCUT2D eigenvalue weighted by atomic mass is 9.93. The summed E-state index contributed by atoms with van der Waals surface area (Å²) in [5.74, 6) is 3.38. The van der Waals surface area contributed by atoms with E-state index in [-0.39, 0.29) is 12.4 Å². The molecule has 5 heteroatoms. The lowest BCUT2D eigenvalue weighted by Crippen LogP contribution is -2.44. The highest BCUT2D eigenvalue weighted by atomic mass is 35.5. The second-order valence-corrected chi connectivity index (χ2v) is 6.39. The molecule has 0 spiro atoms. The molecule has 1 unspecified atom stereocenters. The van der Waals surface area contributed by atoms with Crippen LogP contribution in [-0.4, -0.2) is 48.0 Å². The van der Waals surface area contributed by atoms with Gasteiger partial charge in [0, 0.05) is 30.5 Å². The molecule has 0 aromatic rings. The monoisotopic (exact) mass is 292 g/mol. The van der Waals surface area contributed by atoms with E-state index in [1.807, 2.05) is 11.8 Å². The molecule has 0 radical (unpaired) electrons. The summed E-state index contributed by atoms with van der Waals surface area (Å²) in [6, 6.07) is 0.439. The van der Waals surface area contributed by atoms with Gasteiger partial charge in [0.2, 0.25) is 5.91 Å². The second-order valence-electron chi connectivity index (χ2n) is 5.24. The Hall–Kier alpha value is 0.0700. The molecule has 18 heavy (non-hydrogen) atoms. The fourth-order valence-corrected chi connectivity index (χ4v) is 3.75. The summed E-state index contributed by atoms with van der Waals surface area (Å²) >= 11 is 1.97. The number of carbonyl (C=O) groups is 1. The van der Waals surface area contributed by atoms with E-state index >= 15 is 0 Å². The van der Waals surface area contributed by atoms with Crippen LogP contribution in [-0.2, 0) is 4.79 Å². The molecule has 0 saturated carbocycles. The van der Waals surface area contributed by atoms with Gasteiger partial charge in [-0.1, -0.05) is 0 Å². The number of nitrogens with zero attached hydrogens (tertiary/aromatic N) is 1. The lowest BCUT2D eigenvalue weighted by molar-refractivity contribution is -0.133. The lowest BCUT2D eigenvalue weighted by Gasteiger charge is -2.33. The van der Waals surface area contributed by atoms with Crippen molar-refractivity contribution in [2.24, 2.45) is 5.92 Å². The van der Waals surface area contributed by atoms with Gasteiger partial charge in [-0.2, -0.15) is 11.8 Å². The van der Waals surface area contributed by atoms with E-state index < -0.39 is 0 Å². The topological polar surface area (TPSA) is 32.3 Å². The van der Waals surface area contributed by atoms with Crippen LogP contribution in [0.4, 0.5) is 0 Å². The van der Waals surface area contributed by atoms with Crippen molar-refractivity contribution in [3.63, 3.8) is 0 Å². The quantitative estimate of drug-likeness (QED) is 0.865. The SMILES string of the molecule is CC1CSCCN1C(=O)CCC1CCNCC1.Cl. The highest BCUT2D eigenvalue weighted by molar-refractivity contribution is 7.99. The molecular formula is C13H25ClN2OS. The molecule has 2 heterocycles. The minimum Gasteiger partial charge on any atom is -0.338 e. The largest absolute Gasteiger partial charge is 0.338 e. The summed E-state index contributed by atoms with van der Waals surface area (Å²) in [5.41, 5.74) is 0. The van der Waals surface area contributed by atoms with Crippen LogP contribution in [0.25, 0.3) is 0 Å². The minimum absolute atomic E-state index is 0. The average molecular weight is 293 g/mol. The van der Waals surface area contributed by atoms with Crippen LogP contribution in [0.15, 0.2) is 0 Å². The van der Waals surface area contributed by atoms with Crippen molar-refractivity contribution in [2.45, 2.75) is 38.6 Å². The first-order valence-corrected chi connectivity index (χ1v) is 8.01. The zero-order valence-electron chi connectivity index (χ0n) is 11.2. The van der Waals surface area contributed by atoms with E-state index in [1.54, 1.807) is 0 Å². The maximum absolute atomic E-state index is 12.2. The molecule has 2 saturated heterocycles. The standard InChI is InChI=1S/C13H24N2OS.ClH/c1-11-10-17-9-8-15(11)13(16)3-2-12-4-6-14-7-5-12;/h11-12,14H,2-10H2,1H3;1H. The number of hydrogen-bond acceptors (Lipinski definition) is 3. The Kier molecular flexibility index (Phi) is 7.42. The predicted molar refractivity (Wildman–Crippen MR) is 80.6 cm³/mol. The maximum atomic E-state index is 12.2. The van der Waals surface area contributed by atoms with Crippen LogP contribution < -0.4 is 5.32 Å². The average Bonchev–Trinajstić information content (AvgIpc) is 2.38. The van der Waals surface area contributed by atoms with E-state index in [0.29, 0.717) is 11.9 Å². The minimum atomic E-state index is 0. The number of hydrogen-bond donors (Lipinski definition) is 1. The molecule has 1 N–H and O–H groups in total. The highest BCUT2D eigenvalue weighted by Gasteiger charge is 2.24. The molecule has 0 aromatic heterocycles. The Morgan fingerprint density at radius 3 is 2.78 bits per heavy atom. The van der Waals surface area contributed by atoms with Gasteiger partial charge in [-0.25, -0.2) is 0 Å². The van der Waals surface area contributed by atoms with Crippen molar-refractivity contribution in [3.8, 4) is 0 Å². The fourth-order valence-electron chi connectivity index (χ4n) is 2.74. The molecule has 0 aromatic carbocycles. The first-order valence-electron chi connectivity index (χ1n) is 6.85. The molecular weight excluding hydrogens is 268 g/mol. The third-order valence-corrected chi connectivity index (χ3v) is 5.10. The second kappa shape index (κ2) is 8.28. The van der Waals surface area contributed by atoms with Crippen LogP contribution in [0.2, 0.25) is 0 Å². The highest BCUT2D eigenvalue weighted by Crippen LogP contribution is 2.21. The van der Waals surface area contributed by atoms with Gasteiger partial charge in [-0.05, 0) is 45.2 Å². The summed E-state index contributed by atoms with van der Waals surface area (Å²) in [4.78, 5) is 14.2. The zero-order valence-corrected chi connectivity index (χ0v) is 12.8. The summed E-state index contributed by atoms with van der Waals surface area (Å²) in [6.07, 6.45) is 4.36. The molecule has 1 atom stereocenters. The van der Waals surface area contributed by atoms with Gasteiger partial charge in [0.15, 0.2) is 0 Å². The van der Waals surface area contributed by atoms with E-state index in [9.17, 15) is 4.79 Å². The van der Waals surface area contributed by atoms with Crippen molar-refractivity contribution >= 4 is 30.1 Å². The van der Waals surface area contributed by atoms with Crippen LogP contribution >= 0.6 is 24.2 Å². The van der Waals surface area contributed by atoms with Crippen molar-refractivity contribution < 1.29 is 4.79 Å². The molecule has 2 aliphatic heterocycles. The predicted octanol–water partition coefficient (Wildman–Crippen LogP) is 2.15. The Morgan fingerprint density at radius 2 is 2.11 bits per heavy atom. The maximum Gasteiger partial charge on any atom is 0.222 e. The molecule has 3 nitrogen and oxygen atoms in total. The molecule has 0 bridgehead atoms. The number of amides is 1. The summed E-state index contributed by atoms with van der Waals surface area (Å²) in [7, 11) is 0. The van der Waals surface area contributed by atoms with Gasteiger partial charge in [0.05, 0.1) is 0 Å². The smallest absolute Gasteiger partial charge is 0.222 e. The number of carbonyl (C=O) groups excluding carboxylic acids is 1. The van der Waals surface area contributed by atoms with Crippen molar-refractivity contribution in [1.29, 1.82) is 0 Å². The number of nitrogens with one attached hydrogen (secondary N) is 1. The van der Waals surface area contributed by atoms with E-state index in [2.05, 4.69) is 17.1 Å².